The van der Waals surface area contributed by atoms with E-state index < -0.39 is 0 Å². The summed E-state index contributed by atoms with van der Waals surface area (Å²) in [4.78, 5) is 0. The molecule has 0 bridgehead atoms. The van der Waals surface area contributed by atoms with Crippen LogP contribution in [0.2, 0.25) is 0 Å². The molecule has 0 aliphatic rings. The second-order valence-corrected chi connectivity index (χ2v) is 5.59. The molecule has 0 heterocycles. The van der Waals surface area contributed by atoms with E-state index >= 15 is 0 Å². The molecule has 0 spiro atoms. The second kappa shape index (κ2) is 7.81. The number of ether oxygens (including phenoxy) is 1. The van der Waals surface area contributed by atoms with E-state index in [9.17, 15) is 5.11 Å². The fourth-order valence-corrected chi connectivity index (χ4v) is 2.84. The molecule has 20 heavy (non-hydrogen) atoms. The minimum Gasteiger partial charge on any atom is -0.489 e. The first-order valence-corrected chi connectivity index (χ1v) is 8.56. The van der Waals surface area contributed by atoms with Gasteiger partial charge in [-0.25, -0.2) is 0 Å². The van der Waals surface area contributed by atoms with Crippen LogP contribution in [0.25, 0.3) is 0 Å². The minimum atomic E-state index is 0.0230. The highest BCUT2D eigenvalue weighted by molar-refractivity contribution is 9.08. The smallest absolute Gasteiger partial charge is 0.120 e. The lowest BCUT2D eigenvalue weighted by molar-refractivity contribution is 0.277. The highest BCUT2D eigenvalue weighted by Crippen LogP contribution is 2.21. The first-order valence-electron chi connectivity index (χ1n) is 6.32. The molecule has 0 amide bonds. The third kappa shape index (κ3) is 4.08. The lowest BCUT2D eigenvalue weighted by Crippen LogP contribution is -2.00. The quantitative estimate of drug-likeness (QED) is 0.722. The Labute approximate surface area is 136 Å². The first kappa shape index (κ1) is 15.5. The van der Waals surface area contributed by atoms with Crippen LogP contribution in [-0.4, -0.2) is 5.11 Å². The number of aliphatic hydroxyl groups is 1. The fraction of sp³-hybridized carbons (Fsp3) is 0.250. The summed E-state index contributed by atoms with van der Waals surface area (Å²) in [5.41, 5.74) is 4.36. The van der Waals surface area contributed by atoms with Crippen LogP contribution in [0, 0.1) is 0 Å². The van der Waals surface area contributed by atoms with Crippen molar-refractivity contribution in [3.05, 3.63) is 64.7 Å². The molecule has 0 atom stereocenters. The average molecular weight is 400 g/mol. The fourth-order valence-electron chi connectivity index (χ4n) is 1.97. The molecular formula is C16H16Br2O2. The van der Waals surface area contributed by atoms with Crippen LogP contribution in [0.5, 0.6) is 5.75 Å². The van der Waals surface area contributed by atoms with Gasteiger partial charge in [0, 0.05) is 10.7 Å². The third-order valence-corrected chi connectivity index (χ3v) is 4.27. The Morgan fingerprint density at radius 2 is 1.60 bits per heavy atom. The summed E-state index contributed by atoms with van der Waals surface area (Å²) in [5, 5.41) is 10.8. The number of alkyl halides is 2. The molecule has 0 aromatic heterocycles. The maximum absolute atomic E-state index is 9.27. The second-order valence-electron chi connectivity index (χ2n) is 4.47. The van der Waals surface area contributed by atoms with E-state index in [0.717, 1.165) is 27.5 Å². The van der Waals surface area contributed by atoms with Crippen molar-refractivity contribution in [1.29, 1.82) is 0 Å². The van der Waals surface area contributed by atoms with Gasteiger partial charge in [0.2, 0.25) is 0 Å². The monoisotopic (exact) mass is 398 g/mol. The van der Waals surface area contributed by atoms with Gasteiger partial charge in [-0.1, -0.05) is 62.2 Å². The van der Waals surface area contributed by atoms with Crippen molar-refractivity contribution in [2.24, 2.45) is 0 Å². The number of aliphatic hydroxyl groups excluding tert-OH is 1. The number of rotatable bonds is 6. The highest BCUT2D eigenvalue weighted by atomic mass is 79.9. The standard InChI is InChI=1S/C16H16Br2O2/c17-8-12-5-13(10-19)7-16(6-12)20-11-15-4-2-1-3-14(15)9-18/h1-7,19H,8-11H2. The van der Waals surface area contributed by atoms with E-state index in [1.807, 2.05) is 30.3 Å². The molecule has 2 rings (SSSR count). The van der Waals surface area contributed by atoms with Crippen LogP contribution < -0.4 is 4.74 Å². The van der Waals surface area contributed by atoms with Crippen molar-refractivity contribution in [2.45, 2.75) is 23.9 Å². The minimum absolute atomic E-state index is 0.0230. The van der Waals surface area contributed by atoms with Crippen molar-refractivity contribution in [2.75, 3.05) is 0 Å². The summed E-state index contributed by atoms with van der Waals surface area (Å²) in [7, 11) is 0. The summed E-state index contributed by atoms with van der Waals surface area (Å²) < 4.78 is 5.87. The summed E-state index contributed by atoms with van der Waals surface area (Å²) in [6, 6.07) is 14.0. The van der Waals surface area contributed by atoms with E-state index in [2.05, 4.69) is 44.0 Å². The van der Waals surface area contributed by atoms with E-state index in [4.69, 9.17) is 4.74 Å². The SMILES string of the molecule is OCc1cc(CBr)cc(OCc2ccccc2CBr)c1. The van der Waals surface area contributed by atoms with Gasteiger partial charge in [-0.3, -0.25) is 0 Å². The first-order chi connectivity index (χ1) is 9.76. The number of hydrogen-bond donors (Lipinski definition) is 1. The van der Waals surface area contributed by atoms with Crippen LogP contribution in [0.3, 0.4) is 0 Å². The van der Waals surface area contributed by atoms with Gasteiger partial charge >= 0.3 is 0 Å². The van der Waals surface area contributed by atoms with Crippen molar-refractivity contribution in [3.8, 4) is 5.75 Å². The molecule has 0 saturated carbocycles. The Kier molecular flexibility index (Phi) is 6.07. The summed E-state index contributed by atoms with van der Waals surface area (Å²) in [6.07, 6.45) is 0. The summed E-state index contributed by atoms with van der Waals surface area (Å²) >= 11 is 6.92. The maximum Gasteiger partial charge on any atom is 0.120 e. The van der Waals surface area contributed by atoms with Gasteiger partial charge < -0.3 is 9.84 Å². The van der Waals surface area contributed by atoms with E-state index in [-0.39, 0.29) is 6.61 Å². The molecular weight excluding hydrogens is 384 g/mol. The van der Waals surface area contributed by atoms with Crippen molar-refractivity contribution >= 4 is 31.9 Å². The van der Waals surface area contributed by atoms with E-state index in [1.54, 1.807) is 0 Å². The molecule has 2 aromatic carbocycles. The molecule has 2 aromatic rings. The molecule has 2 nitrogen and oxygen atoms in total. The maximum atomic E-state index is 9.27. The predicted octanol–water partition coefficient (Wildman–Crippen LogP) is 4.55. The predicted molar refractivity (Wildman–Crippen MR) is 88.4 cm³/mol. The summed E-state index contributed by atoms with van der Waals surface area (Å²) in [6.45, 7) is 0.549. The number of halogens is 2. The van der Waals surface area contributed by atoms with E-state index in [0.29, 0.717) is 6.61 Å². The molecule has 1 N–H and O–H groups in total. The van der Waals surface area contributed by atoms with Crippen LogP contribution in [0.1, 0.15) is 22.3 Å². The van der Waals surface area contributed by atoms with E-state index in [1.165, 1.54) is 11.1 Å². The zero-order chi connectivity index (χ0) is 14.4. The normalized spacial score (nSPS) is 10.6. The molecule has 0 aliphatic heterocycles. The molecule has 0 saturated heterocycles. The zero-order valence-corrected chi connectivity index (χ0v) is 14.2. The molecule has 106 valence electrons. The van der Waals surface area contributed by atoms with Crippen molar-refractivity contribution in [3.63, 3.8) is 0 Å². The number of hydrogen-bond acceptors (Lipinski definition) is 2. The van der Waals surface area contributed by atoms with Crippen LogP contribution in [0.4, 0.5) is 0 Å². The van der Waals surface area contributed by atoms with Crippen molar-refractivity contribution in [1.82, 2.24) is 0 Å². The van der Waals surface area contributed by atoms with Crippen LogP contribution in [-0.2, 0) is 23.9 Å². The Morgan fingerprint density at radius 3 is 2.25 bits per heavy atom. The Hall–Kier alpha value is -0.840. The Balaban J connectivity index is 2.14. The largest absolute Gasteiger partial charge is 0.489 e. The molecule has 0 fully saturated rings. The van der Waals surface area contributed by atoms with Crippen LogP contribution >= 0.6 is 31.9 Å². The Bertz CT molecular complexity index is 548. The Morgan fingerprint density at radius 1 is 0.900 bits per heavy atom. The van der Waals surface area contributed by atoms with Gasteiger partial charge in [0.25, 0.3) is 0 Å². The highest BCUT2D eigenvalue weighted by Gasteiger charge is 2.04. The van der Waals surface area contributed by atoms with Gasteiger partial charge in [-0.2, -0.15) is 0 Å². The lowest BCUT2D eigenvalue weighted by Gasteiger charge is -2.11. The summed E-state index contributed by atoms with van der Waals surface area (Å²) in [5.74, 6) is 0.787. The van der Waals surface area contributed by atoms with Gasteiger partial charge in [0.05, 0.1) is 6.61 Å². The van der Waals surface area contributed by atoms with Crippen molar-refractivity contribution < 1.29 is 9.84 Å². The van der Waals surface area contributed by atoms with Crippen LogP contribution in [0.15, 0.2) is 42.5 Å². The average Bonchev–Trinajstić information content (AvgIpc) is 2.52. The molecule has 0 radical (unpaired) electrons. The topological polar surface area (TPSA) is 29.5 Å². The molecule has 0 unspecified atom stereocenters. The lowest BCUT2D eigenvalue weighted by atomic mass is 10.1. The van der Waals surface area contributed by atoms with Gasteiger partial charge in [-0.15, -0.1) is 0 Å². The van der Waals surface area contributed by atoms with Gasteiger partial charge in [0.1, 0.15) is 12.4 Å². The molecule has 0 aliphatic carbocycles. The van der Waals surface area contributed by atoms with Gasteiger partial charge in [0.15, 0.2) is 0 Å². The molecule has 4 heteroatoms. The number of benzene rings is 2. The third-order valence-electron chi connectivity index (χ3n) is 3.02. The zero-order valence-electron chi connectivity index (χ0n) is 11.0. The van der Waals surface area contributed by atoms with Gasteiger partial charge in [-0.05, 0) is 34.4 Å².